The maximum atomic E-state index is 11.4. The van der Waals surface area contributed by atoms with Crippen molar-refractivity contribution in [3.63, 3.8) is 0 Å². The summed E-state index contributed by atoms with van der Waals surface area (Å²) in [4.78, 5) is 11.4. The van der Waals surface area contributed by atoms with Crippen LogP contribution in [0.4, 0.5) is 0 Å². The highest BCUT2D eigenvalue weighted by molar-refractivity contribution is 14.1. The lowest BCUT2D eigenvalue weighted by atomic mass is 10.1. The Morgan fingerprint density at radius 3 is 2.69 bits per heavy atom. The maximum absolute atomic E-state index is 11.4. The van der Waals surface area contributed by atoms with Gasteiger partial charge in [-0.25, -0.2) is 0 Å². The smallest absolute Gasteiger partial charge is 0.179 e. The highest BCUT2D eigenvalue weighted by Gasteiger charge is 2.13. The lowest BCUT2D eigenvalue weighted by Gasteiger charge is -2.06. The number of carbonyl (C=O) groups is 1. The lowest BCUT2D eigenvalue weighted by molar-refractivity contribution is 0.102. The van der Waals surface area contributed by atoms with E-state index in [1.807, 2.05) is 13.0 Å². The van der Waals surface area contributed by atoms with Crippen LogP contribution in [0.5, 0.6) is 0 Å². The Hall–Kier alpha value is 0.200. The molecule has 0 aliphatic rings. The van der Waals surface area contributed by atoms with Gasteiger partial charge in [0, 0.05) is 9.13 Å². The van der Waals surface area contributed by atoms with Crippen molar-refractivity contribution in [2.24, 2.45) is 0 Å². The number of ketones is 1. The van der Waals surface area contributed by atoms with E-state index in [0.717, 1.165) is 9.13 Å². The Kier molecular flexibility index (Phi) is 4.01. The van der Waals surface area contributed by atoms with Crippen molar-refractivity contribution in [1.82, 2.24) is 0 Å². The van der Waals surface area contributed by atoms with E-state index in [1.54, 1.807) is 6.07 Å². The van der Waals surface area contributed by atoms with Crippen LogP contribution < -0.4 is 0 Å². The van der Waals surface area contributed by atoms with Gasteiger partial charge in [0.1, 0.15) is 0 Å². The topological polar surface area (TPSA) is 17.1 Å². The van der Waals surface area contributed by atoms with Gasteiger partial charge in [0.05, 0.1) is 10.9 Å². The van der Waals surface area contributed by atoms with Gasteiger partial charge < -0.3 is 0 Å². The standard InChI is InChI=1S/C9H7Cl2IO/c1-5-7(12)3-2-6(11)9(5)8(13)4-10/h2-3H,4H2,1H3. The molecule has 0 aliphatic carbocycles. The highest BCUT2D eigenvalue weighted by Crippen LogP contribution is 2.24. The van der Waals surface area contributed by atoms with Gasteiger partial charge in [0.2, 0.25) is 0 Å². The number of hydrogen-bond donors (Lipinski definition) is 0. The Balaban J connectivity index is 3.33. The van der Waals surface area contributed by atoms with E-state index < -0.39 is 0 Å². The molecule has 0 aliphatic heterocycles. The summed E-state index contributed by atoms with van der Waals surface area (Å²) in [5.41, 5.74) is 1.45. The van der Waals surface area contributed by atoms with Crippen LogP contribution in [0.15, 0.2) is 12.1 Å². The summed E-state index contributed by atoms with van der Waals surface area (Å²) in [6, 6.07) is 3.60. The van der Waals surface area contributed by atoms with E-state index in [-0.39, 0.29) is 11.7 Å². The summed E-state index contributed by atoms with van der Waals surface area (Å²) >= 11 is 13.5. The minimum Gasteiger partial charge on any atom is -0.293 e. The molecule has 70 valence electrons. The molecule has 1 rings (SSSR count). The van der Waals surface area contributed by atoms with Crippen LogP contribution in [0.3, 0.4) is 0 Å². The van der Waals surface area contributed by atoms with Crippen LogP contribution >= 0.6 is 45.8 Å². The van der Waals surface area contributed by atoms with Crippen LogP contribution in [0.2, 0.25) is 5.02 Å². The molecule has 0 saturated carbocycles. The maximum Gasteiger partial charge on any atom is 0.179 e. The molecule has 0 atom stereocenters. The lowest BCUT2D eigenvalue weighted by Crippen LogP contribution is -2.05. The molecule has 0 N–H and O–H groups in total. The minimum absolute atomic E-state index is 0.0271. The second-order valence-electron chi connectivity index (χ2n) is 2.59. The second-order valence-corrected chi connectivity index (χ2v) is 4.42. The number of alkyl halides is 1. The average molecular weight is 329 g/mol. The number of carbonyl (C=O) groups excluding carboxylic acids is 1. The SMILES string of the molecule is Cc1c(I)ccc(Cl)c1C(=O)CCl. The molecular weight excluding hydrogens is 322 g/mol. The van der Waals surface area contributed by atoms with E-state index in [1.165, 1.54) is 0 Å². The first kappa shape index (κ1) is 11.3. The van der Waals surface area contributed by atoms with Crippen molar-refractivity contribution >= 4 is 51.6 Å². The quantitative estimate of drug-likeness (QED) is 0.460. The Morgan fingerprint density at radius 1 is 1.54 bits per heavy atom. The molecule has 1 aromatic carbocycles. The van der Waals surface area contributed by atoms with Crippen molar-refractivity contribution in [2.45, 2.75) is 6.92 Å². The zero-order chi connectivity index (χ0) is 10.0. The molecule has 0 unspecified atom stereocenters. The fourth-order valence-corrected chi connectivity index (χ4v) is 1.96. The molecule has 0 bridgehead atoms. The third-order valence-corrected chi connectivity index (χ3v) is 3.47. The van der Waals surface area contributed by atoms with E-state index in [9.17, 15) is 4.79 Å². The van der Waals surface area contributed by atoms with Crippen molar-refractivity contribution < 1.29 is 4.79 Å². The number of hydrogen-bond acceptors (Lipinski definition) is 1. The molecule has 0 aromatic heterocycles. The zero-order valence-electron chi connectivity index (χ0n) is 6.90. The third-order valence-electron chi connectivity index (χ3n) is 1.75. The van der Waals surface area contributed by atoms with Gasteiger partial charge in [0.25, 0.3) is 0 Å². The first-order valence-corrected chi connectivity index (χ1v) is 5.60. The molecule has 0 saturated heterocycles. The van der Waals surface area contributed by atoms with Crippen molar-refractivity contribution in [1.29, 1.82) is 0 Å². The van der Waals surface area contributed by atoms with Gasteiger partial charge in [-0.3, -0.25) is 4.79 Å². The molecule has 13 heavy (non-hydrogen) atoms. The number of benzene rings is 1. The average Bonchev–Trinajstić information content (AvgIpc) is 2.12. The first-order chi connectivity index (χ1) is 6.07. The zero-order valence-corrected chi connectivity index (χ0v) is 10.6. The Morgan fingerprint density at radius 2 is 2.15 bits per heavy atom. The number of halogens is 3. The fraction of sp³-hybridized carbons (Fsp3) is 0.222. The summed E-state index contributed by atoms with van der Waals surface area (Å²) in [5.74, 6) is -0.150. The normalized spacial score (nSPS) is 10.2. The summed E-state index contributed by atoms with van der Waals surface area (Å²) in [6.07, 6.45) is 0. The van der Waals surface area contributed by atoms with Crippen LogP contribution in [-0.4, -0.2) is 11.7 Å². The van der Waals surface area contributed by atoms with Crippen LogP contribution in [0.25, 0.3) is 0 Å². The Labute approximate surface area is 101 Å². The van der Waals surface area contributed by atoms with E-state index in [4.69, 9.17) is 23.2 Å². The summed E-state index contributed by atoms with van der Waals surface area (Å²) in [6.45, 7) is 1.87. The summed E-state index contributed by atoms with van der Waals surface area (Å²) in [5, 5.41) is 0.476. The number of rotatable bonds is 2. The minimum atomic E-state index is -0.123. The van der Waals surface area contributed by atoms with E-state index >= 15 is 0 Å². The molecule has 0 spiro atoms. The summed E-state index contributed by atoms with van der Waals surface area (Å²) in [7, 11) is 0. The largest absolute Gasteiger partial charge is 0.293 e. The van der Waals surface area contributed by atoms with E-state index in [0.29, 0.717) is 10.6 Å². The van der Waals surface area contributed by atoms with Gasteiger partial charge in [-0.1, -0.05) is 11.6 Å². The molecule has 0 heterocycles. The third kappa shape index (κ3) is 2.36. The molecule has 1 nitrogen and oxygen atoms in total. The molecule has 4 heteroatoms. The molecule has 0 radical (unpaired) electrons. The molecule has 0 fully saturated rings. The van der Waals surface area contributed by atoms with Crippen LogP contribution in [0.1, 0.15) is 15.9 Å². The first-order valence-electron chi connectivity index (χ1n) is 3.61. The fourth-order valence-electron chi connectivity index (χ4n) is 1.06. The predicted octanol–water partition coefficient (Wildman–Crippen LogP) is 3.67. The van der Waals surface area contributed by atoms with Gasteiger partial charge in [-0.2, -0.15) is 0 Å². The molecule has 0 amide bonds. The monoisotopic (exact) mass is 328 g/mol. The number of Topliss-reactive ketones (excluding diaryl/α,β-unsaturated/α-hetero) is 1. The Bertz CT molecular complexity index is 350. The van der Waals surface area contributed by atoms with Crippen molar-refractivity contribution in [2.75, 3.05) is 5.88 Å². The van der Waals surface area contributed by atoms with Crippen LogP contribution in [-0.2, 0) is 0 Å². The predicted molar refractivity (Wildman–Crippen MR) is 64.0 cm³/mol. The van der Waals surface area contributed by atoms with Gasteiger partial charge in [-0.05, 0) is 47.2 Å². The van der Waals surface area contributed by atoms with Crippen LogP contribution in [0, 0.1) is 10.5 Å². The second kappa shape index (κ2) is 4.62. The van der Waals surface area contributed by atoms with Gasteiger partial charge in [-0.15, -0.1) is 11.6 Å². The van der Waals surface area contributed by atoms with Crippen molar-refractivity contribution in [3.8, 4) is 0 Å². The van der Waals surface area contributed by atoms with Gasteiger partial charge in [0.15, 0.2) is 5.78 Å². The van der Waals surface area contributed by atoms with E-state index in [2.05, 4.69) is 22.6 Å². The molecule has 1 aromatic rings. The highest BCUT2D eigenvalue weighted by atomic mass is 127. The summed E-state index contributed by atoms with van der Waals surface area (Å²) < 4.78 is 1.02. The van der Waals surface area contributed by atoms with Gasteiger partial charge >= 0.3 is 0 Å². The van der Waals surface area contributed by atoms with Crippen molar-refractivity contribution in [3.05, 3.63) is 31.9 Å². The molecular formula is C9H7Cl2IO.